The summed E-state index contributed by atoms with van der Waals surface area (Å²) in [6, 6.07) is 7.91. The molecule has 0 bridgehead atoms. The number of benzene rings is 2. The molecule has 0 N–H and O–H groups in total. The predicted molar refractivity (Wildman–Crippen MR) is 108 cm³/mol. The van der Waals surface area contributed by atoms with Crippen molar-refractivity contribution in [3.8, 4) is 22.6 Å². The van der Waals surface area contributed by atoms with E-state index in [0.29, 0.717) is 29.4 Å². The zero-order valence-electron chi connectivity index (χ0n) is 16.3. The first-order valence-corrected chi connectivity index (χ1v) is 10.5. The van der Waals surface area contributed by atoms with Gasteiger partial charge in [0, 0.05) is 11.6 Å². The van der Waals surface area contributed by atoms with Gasteiger partial charge in [-0.1, -0.05) is 36.6 Å². The Balaban J connectivity index is 1.64. The highest BCUT2D eigenvalue weighted by atomic mass is 35.5. The van der Waals surface area contributed by atoms with Gasteiger partial charge in [0.15, 0.2) is 0 Å². The number of carbonyl (C=O) groups excluding carboxylic acids is 1. The largest absolute Gasteiger partial charge is 0.492 e. The van der Waals surface area contributed by atoms with Crippen LogP contribution in [-0.2, 0) is 11.0 Å². The molecule has 7 heteroatoms. The monoisotopic (exact) mass is 438 g/mol. The maximum absolute atomic E-state index is 12.9. The molecule has 2 aliphatic carbocycles. The van der Waals surface area contributed by atoms with E-state index in [1.807, 2.05) is 0 Å². The van der Waals surface area contributed by atoms with Crippen LogP contribution in [0.15, 0.2) is 36.4 Å². The second kappa shape index (κ2) is 8.50. The molecule has 0 aliphatic heterocycles. The average molecular weight is 439 g/mol. The van der Waals surface area contributed by atoms with Crippen LogP contribution >= 0.6 is 11.6 Å². The molecule has 2 aromatic carbocycles. The van der Waals surface area contributed by atoms with Crippen LogP contribution in [0, 0.1) is 11.8 Å². The number of halogens is 4. The third-order valence-corrected chi connectivity index (χ3v) is 6.00. The smallest absolute Gasteiger partial charge is 0.416 e. The fourth-order valence-electron chi connectivity index (χ4n) is 3.64. The molecule has 0 amide bonds. The van der Waals surface area contributed by atoms with Gasteiger partial charge in [0.1, 0.15) is 11.5 Å². The van der Waals surface area contributed by atoms with Gasteiger partial charge in [0.2, 0.25) is 0 Å². The van der Waals surface area contributed by atoms with Crippen molar-refractivity contribution in [3.05, 3.63) is 47.0 Å². The topological polar surface area (TPSA) is 35.5 Å². The number of carbonyl (C=O) groups is 1. The Hall–Kier alpha value is -2.21. The van der Waals surface area contributed by atoms with E-state index >= 15 is 0 Å². The van der Waals surface area contributed by atoms with Crippen LogP contribution in [0.5, 0.6) is 11.5 Å². The van der Waals surface area contributed by atoms with Gasteiger partial charge in [-0.05, 0) is 55.4 Å². The first-order valence-electron chi connectivity index (χ1n) is 10.2. The third kappa shape index (κ3) is 4.91. The Morgan fingerprint density at radius 1 is 1.03 bits per heavy atom. The van der Waals surface area contributed by atoms with Gasteiger partial charge >= 0.3 is 12.1 Å². The van der Waals surface area contributed by atoms with Gasteiger partial charge in [-0.3, -0.25) is 4.79 Å². The van der Waals surface area contributed by atoms with Crippen LogP contribution in [-0.4, -0.2) is 12.6 Å². The van der Waals surface area contributed by atoms with E-state index in [1.165, 1.54) is 12.1 Å². The molecule has 30 heavy (non-hydrogen) atoms. The molecule has 2 fully saturated rings. The summed E-state index contributed by atoms with van der Waals surface area (Å²) in [6.45, 7) is 0.506. The van der Waals surface area contributed by atoms with E-state index in [2.05, 4.69) is 0 Å². The molecule has 4 rings (SSSR count). The van der Waals surface area contributed by atoms with Gasteiger partial charge in [-0.2, -0.15) is 13.2 Å². The van der Waals surface area contributed by atoms with Crippen LogP contribution in [0.3, 0.4) is 0 Å². The number of rotatable bonds is 6. The summed E-state index contributed by atoms with van der Waals surface area (Å²) in [7, 11) is 0. The normalized spacial score (nSPS) is 17.2. The van der Waals surface area contributed by atoms with Gasteiger partial charge in [0.05, 0.1) is 23.1 Å². The van der Waals surface area contributed by atoms with Gasteiger partial charge < -0.3 is 9.47 Å². The highest BCUT2D eigenvalue weighted by molar-refractivity contribution is 6.35. The molecule has 0 heterocycles. The molecule has 0 radical (unpaired) electrons. The van der Waals surface area contributed by atoms with Crippen molar-refractivity contribution in [1.82, 2.24) is 0 Å². The molecule has 3 nitrogen and oxygen atoms in total. The Labute approximate surface area is 178 Å². The molecule has 0 spiro atoms. The van der Waals surface area contributed by atoms with Crippen molar-refractivity contribution in [2.45, 2.75) is 44.7 Å². The molecule has 2 aromatic rings. The van der Waals surface area contributed by atoms with Crippen LogP contribution < -0.4 is 9.47 Å². The number of esters is 1. The van der Waals surface area contributed by atoms with E-state index in [1.54, 1.807) is 12.1 Å². The fourth-order valence-corrected chi connectivity index (χ4v) is 3.91. The molecule has 0 unspecified atom stereocenters. The van der Waals surface area contributed by atoms with Gasteiger partial charge in [-0.25, -0.2) is 0 Å². The molecule has 160 valence electrons. The second-order valence-electron chi connectivity index (χ2n) is 8.01. The summed E-state index contributed by atoms with van der Waals surface area (Å²) >= 11 is 6.52. The Morgan fingerprint density at radius 3 is 2.30 bits per heavy atom. The van der Waals surface area contributed by atoms with Crippen molar-refractivity contribution in [1.29, 1.82) is 0 Å². The average Bonchev–Trinajstić information content (AvgIpc) is 3.37. The highest BCUT2D eigenvalue weighted by Crippen LogP contribution is 2.42. The summed E-state index contributed by atoms with van der Waals surface area (Å²) in [6.07, 6.45) is 1.41. The minimum absolute atomic E-state index is 0.119. The fraction of sp³-hybridized carbons (Fsp3) is 0.435. The zero-order valence-corrected chi connectivity index (χ0v) is 17.1. The maximum atomic E-state index is 12.9. The Bertz CT molecular complexity index is 915. The standard InChI is InChI=1S/C23H22ClF3O3/c24-21-19(15-7-9-17(10-8-15)23(25,26)27)11-18(12-20(21)29-13-14-5-6-14)30-22(28)16-3-1-2-4-16/h7-12,14,16H,1-6,13H2. The van der Waals surface area contributed by atoms with Crippen molar-refractivity contribution in [2.24, 2.45) is 11.8 Å². The van der Waals surface area contributed by atoms with Crippen LogP contribution in [0.25, 0.3) is 11.1 Å². The molecular weight excluding hydrogens is 417 g/mol. The van der Waals surface area contributed by atoms with Crippen LogP contribution in [0.2, 0.25) is 5.02 Å². The van der Waals surface area contributed by atoms with Crippen LogP contribution in [0.1, 0.15) is 44.1 Å². The minimum Gasteiger partial charge on any atom is -0.492 e. The van der Waals surface area contributed by atoms with Crippen molar-refractivity contribution < 1.29 is 27.4 Å². The summed E-state index contributed by atoms with van der Waals surface area (Å²) in [5.74, 6) is 0.736. The summed E-state index contributed by atoms with van der Waals surface area (Å²) in [5.41, 5.74) is 0.215. The van der Waals surface area contributed by atoms with Gasteiger partial charge in [0.25, 0.3) is 0 Å². The number of hydrogen-bond acceptors (Lipinski definition) is 3. The number of ether oxygens (including phenoxy) is 2. The minimum atomic E-state index is -4.42. The molecular formula is C23H22ClF3O3. The number of hydrogen-bond donors (Lipinski definition) is 0. The second-order valence-corrected chi connectivity index (χ2v) is 8.39. The molecule has 2 saturated carbocycles. The van der Waals surface area contributed by atoms with Crippen molar-refractivity contribution in [2.75, 3.05) is 6.61 Å². The third-order valence-electron chi connectivity index (χ3n) is 5.61. The van der Waals surface area contributed by atoms with Crippen LogP contribution in [0.4, 0.5) is 13.2 Å². The lowest BCUT2D eigenvalue weighted by Crippen LogP contribution is -2.17. The van der Waals surface area contributed by atoms with E-state index in [4.69, 9.17) is 21.1 Å². The predicted octanol–water partition coefficient (Wildman–Crippen LogP) is 6.91. The molecule has 0 saturated heterocycles. The SMILES string of the molecule is O=C(Oc1cc(OCC2CC2)c(Cl)c(-c2ccc(C(F)(F)F)cc2)c1)C1CCCC1. The van der Waals surface area contributed by atoms with E-state index in [0.717, 1.165) is 50.7 Å². The summed E-state index contributed by atoms with van der Waals surface area (Å²) in [5, 5.41) is 0.288. The highest BCUT2D eigenvalue weighted by Gasteiger charge is 2.30. The maximum Gasteiger partial charge on any atom is 0.416 e. The number of alkyl halides is 3. The molecule has 2 aliphatic rings. The van der Waals surface area contributed by atoms with Crippen molar-refractivity contribution >= 4 is 17.6 Å². The first kappa shape index (κ1) is 21.0. The van der Waals surface area contributed by atoms with E-state index < -0.39 is 11.7 Å². The van der Waals surface area contributed by atoms with E-state index in [-0.39, 0.29) is 22.7 Å². The first-order chi connectivity index (χ1) is 14.3. The lowest BCUT2D eigenvalue weighted by molar-refractivity contribution is -0.139. The summed E-state index contributed by atoms with van der Waals surface area (Å²) < 4.78 is 50.1. The zero-order chi connectivity index (χ0) is 21.3. The lowest BCUT2D eigenvalue weighted by Gasteiger charge is -2.16. The van der Waals surface area contributed by atoms with E-state index in [9.17, 15) is 18.0 Å². The lowest BCUT2D eigenvalue weighted by atomic mass is 10.0. The van der Waals surface area contributed by atoms with Gasteiger partial charge in [-0.15, -0.1) is 0 Å². The Morgan fingerprint density at radius 2 is 1.70 bits per heavy atom. The molecule has 0 atom stereocenters. The van der Waals surface area contributed by atoms with Crippen molar-refractivity contribution in [3.63, 3.8) is 0 Å². The summed E-state index contributed by atoms with van der Waals surface area (Å²) in [4.78, 5) is 12.5. The quantitative estimate of drug-likeness (QED) is 0.363. The molecule has 0 aromatic heterocycles. The Kier molecular flexibility index (Phi) is 5.96.